The molecule has 0 saturated heterocycles. The molecule has 0 aliphatic heterocycles. The molecule has 0 fully saturated rings. The lowest BCUT2D eigenvalue weighted by molar-refractivity contribution is -0.134. The first-order valence-electron chi connectivity index (χ1n) is 3.31. The number of ether oxygens (including phenoxy) is 1. The number of thiol groups is 1. The van der Waals surface area contributed by atoms with Gasteiger partial charge in [0, 0.05) is 24.1 Å². The third-order valence-electron chi connectivity index (χ3n) is 1.05. The van der Waals surface area contributed by atoms with Crippen molar-refractivity contribution in [3.8, 4) is 0 Å². The normalized spacial score (nSPS) is 11.0. The van der Waals surface area contributed by atoms with Gasteiger partial charge in [-0.3, -0.25) is 0 Å². The zero-order valence-corrected chi connectivity index (χ0v) is 7.65. The Balaban J connectivity index is 3.70. The lowest BCUT2D eigenvalue weighted by Crippen LogP contribution is -2.15. The Bertz CT molecular complexity index is 157. The lowest BCUT2D eigenvalue weighted by atomic mass is 10.4. The van der Waals surface area contributed by atoms with Crippen LogP contribution in [-0.4, -0.2) is 25.4 Å². The lowest BCUT2D eigenvalue weighted by Gasteiger charge is -2.02. The largest absolute Gasteiger partial charge is 0.466 e. The number of allylic oxidation sites excluding steroid dienone is 1. The van der Waals surface area contributed by atoms with Gasteiger partial charge >= 0.3 is 5.97 Å². The van der Waals surface area contributed by atoms with Crippen LogP contribution in [0, 0.1) is 0 Å². The molecule has 64 valence electrons. The van der Waals surface area contributed by atoms with Crippen molar-refractivity contribution in [2.75, 3.05) is 19.4 Å². The van der Waals surface area contributed by atoms with Gasteiger partial charge in [0.2, 0.25) is 0 Å². The molecule has 0 aromatic carbocycles. The highest BCUT2D eigenvalue weighted by Crippen LogP contribution is 1.87. The van der Waals surface area contributed by atoms with Crippen LogP contribution in [0.5, 0.6) is 0 Å². The number of carbonyl (C=O) groups is 1. The van der Waals surface area contributed by atoms with E-state index in [1.165, 1.54) is 13.2 Å². The smallest absolute Gasteiger partial charge is 0.332 e. The Hall–Kier alpha value is -0.640. The molecule has 0 aromatic rings. The number of hydrogen-bond acceptors (Lipinski definition) is 4. The van der Waals surface area contributed by atoms with Crippen LogP contribution in [0.3, 0.4) is 0 Å². The van der Waals surface area contributed by atoms with Gasteiger partial charge in [-0.25, -0.2) is 4.79 Å². The summed E-state index contributed by atoms with van der Waals surface area (Å²) < 4.78 is 4.43. The van der Waals surface area contributed by atoms with E-state index in [1.54, 1.807) is 6.92 Å². The SMILES string of the molecule is COC(=O)/C=C(\C)NCCS. The Labute approximate surface area is 72.2 Å². The number of esters is 1. The highest BCUT2D eigenvalue weighted by atomic mass is 32.1. The van der Waals surface area contributed by atoms with Crippen LogP contribution >= 0.6 is 12.6 Å². The van der Waals surface area contributed by atoms with Crippen LogP contribution in [0.4, 0.5) is 0 Å². The van der Waals surface area contributed by atoms with Crippen LogP contribution in [0.15, 0.2) is 11.8 Å². The van der Waals surface area contributed by atoms with Crippen LogP contribution < -0.4 is 5.32 Å². The summed E-state index contributed by atoms with van der Waals surface area (Å²) in [5.41, 5.74) is 0.797. The minimum Gasteiger partial charge on any atom is -0.466 e. The molecule has 11 heavy (non-hydrogen) atoms. The van der Waals surface area contributed by atoms with Gasteiger partial charge in [0.1, 0.15) is 0 Å². The zero-order valence-electron chi connectivity index (χ0n) is 6.76. The summed E-state index contributed by atoms with van der Waals surface area (Å²) in [5.74, 6) is 0.404. The van der Waals surface area contributed by atoms with Crippen molar-refractivity contribution in [2.24, 2.45) is 0 Å². The van der Waals surface area contributed by atoms with E-state index in [0.717, 1.165) is 18.0 Å². The van der Waals surface area contributed by atoms with E-state index in [2.05, 4.69) is 22.7 Å². The Morgan fingerprint density at radius 1 is 1.73 bits per heavy atom. The molecule has 0 spiro atoms. The predicted octanol–water partition coefficient (Wildman–Crippen LogP) is 0.583. The summed E-state index contributed by atoms with van der Waals surface area (Å²) >= 11 is 4.00. The summed E-state index contributed by atoms with van der Waals surface area (Å²) in [5, 5.41) is 2.98. The summed E-state index contributed by atoms with van der Waals surface area (Å²) in [4.78, 5) is 10.6. The highest BCUT2D eigenvalue weighted by molar-refractivity contribution is 7.80. The first-order valence-corrected chi connectivity index (χ1v) is 3.95. The molecule has 0 rings (SSSR count). The first-order chi connectivity index (χ1) is 5.20. The molecule has 0 saturated carbocycles. The minimum atomic E-state index is -0.339. The Morgan fingerprint density at radius 2 is 2.36 bits per heavy atom. The van der Waals surface area contributed by atoms with E-state index < -0.39 is 0 Å². The first kappa shape index (κ1) is 10.4. The molecule has 0 unspecified atom stereocenters. The maximum absolute atomic E-state index is 10.6. The summed E-state index contributed by atoms with van der Waals surface area (Å²) in [6, 6.07) is 0. The van der Waals surface area contributed by atoms with E-state index in [1.807, 2.05) is 0 Å². The second-order valence-electron chi connectivity index (χ2n) is 2.00. The van der Waals surface area contributed by atoms with Gasteiger partial charge in [0.25, 0.3) is 0 Å². The number of nitrogens with one attached hydrogen (secondary N) is 1. The van der Waals surface area contributed by atoms with Crippen molar-refractivity contribution in [3.05, 3.63) is 11.8 Å². The van der Waals surface area contributed by atoms with Crippen molar-refractivity contribution in [3.63, 3.8) is 0 Å². The highest BCUT2D eigenvalue weighted by Gasteiger charge is 1.94. The van der Waals surface area contributed by atoms with E-state index in [4.69, 9.17) is 0 Å². The maximum atomic E-state index is 10.6. The minimum absolute atomic E-state index is 0.339. The standard InChI is InChI=1S/C7H13NO2S/c1-6(8-3-4-11)5-7(9)10-2/h5,8,11H,3-4H2,1-2H3/b6-5+. The molecular weight excluding hydrogens is 162 g/mol. The van der Waals surface area contributed by atoms with Gasteiger partial charge in [0.15, 0.2) is 0 Å². The van der Waals surface area contributed by atoms with E-state index >= 15 is 0 Å². The quantitative estimate of drug-likeness (QED) is 0.373. The fourth-order valence-corrected chi connectivity index (χ4v) is 0.652. The molecule has 0 radical (unpaired) electrons. The fourth-order valence-electron chi connectivity index (χ4n) is 0.540. The molecule has 4 heteroatoms. The Kier molecular flexibility index (Phi) is 5.74. The van der Waals surface area contributed by atoms with Crippen LogP contribution in [0.2, 0.25) is 0 Å². The number of rotatable bonds is 4. The van der Waals surface area contributed by atoms with Crippen LogP contribution in [0.1, 0.15) is 6.92 Å². The average molecular weight is 175 g/mol. The third-order valence-corrected chi connectivity index (χ3v) is 1.27. The van der Waals surface area contributed by atoms with Crippen molar-refractivity contribution >= 4 is 18.6 Å². The monoisotopic (exact) mass is 175 g/mol. The predicted molar refractivity (Wildman–Crippen MR) is 47.6 cm³/mol. The van der Waals surface area contributed by atoms with Gasteiger partial charge < -0.3 is 10.1 Å². The van der Waals surface area contributed by atoms with E-state index in [-0.39, 0.29) is 5.97 Å². The summed E-state index contributed by atoms with van der Waals surface area (Å²) in [7, 11) is 1.35. The molecule has 0 amide bonds. The molecule has 0 aromatic heterocycles. The van der Waals surface area contributed by atoms with Gasteiger partial charge in [-0.2, -0.15) is 12.6 Å². The van der Waals surface area contributed by atoms with Gasteiger partial charge in [0.05, 0.1) is 7.11 Å². The molecule has 0 atom stereocenters. The summed E-state index contributed by atoms with van der Waals surface area (Å²) in [6.45, 7) is 2.56. The molecule has 0 aliphatic carbocycles. The molecule has 0 bridgehead atoms. The van der Waals surface area contributed by atoms with Crippen LogP contribution in [0.25, 0.3) is 0 Å². The van der Waals surface area contributed by atoms with Crippen molar-refractivity contribution < 1.29 is 9.53 Å². The van der Waals surface area contributed by atoms with Gasteiger partial charge in [-0.15, -0.1) is 0 Å². The second-order valence-corrected chi connectivity index (χ2v) is 2.45. The van der Waals surface area contributed by atoms with Crippen molar-refractivity contribution in [1.82, 2.24) is 5.32 Å². The number of methoxy groups -OCH3 is 1. The topological polar surface area (TPSA) is 38.3 Å². The summed E-state index contributed by atoms with van der Waals surface area (Å²) in [6.07, 6.45) is 1.41. The molecule has 0 aliphatic rings. The zero-order chi connectivity index (χ0) is 8.69. The van der Waals surface area contributed by atoms with Gasteiger partial charge in [-0.1, -0.05) is 0 Å². The fraction of sp³-hybridized carbons (Fsp3) is 0.571. The molecule has 3 nitrogen and oxygen atoms in total. The number of hydrogen-bond donors (Lipinski definition) is 2. The molecule has 0 heterocycles. The average Bonchev–Trinajstić information content (AvgIpc) is 2.00. The Morgan fingerprint density at radius 3 is 2.82 bits per heavy atom. The van der Waals surface area contributed by atoms with Crippen LogP contribution in [-0.2, 0) is 9.53 Å². The maximum Gasteiger partial charge on any atom is 0.332 e. The van der Waals surface area contributed by atoms with Crippen molar-refractivity contribution in [2.45, 2.75) is 6.92 Å². The molecular formula is C7H13NO2S. The molecule has 1 N–H and O–H groups in total. The van der Waals surface area contributed by atoms with E-state index in [9.17, 15) is 4.79 Å². The van der Waals surface area contributed by atoms with Gasteiger partial charge in [-0.05, 0) is 6.92 Å². The van der Waals surface area contributed by atoms with Crippen molar-refractivity contribution in [1.29, 1.82) is 0 Å². The van der Waals surface area contributed by atoms with E-state index in [0.29, 0.717) is 0 Å². The third kappa shape index (κ3) is 5.79. The second kappa shape index (κ2) is 6.09. The number of carbonyl (C=O) groups excluding carboxylic acids is 1.